The first-order chi connectivity index (χ1) is 12.6. The first kappa shape index (κ1) is 23.8. The second kappa shape index (κ2) is 10.5. The first-order valence-electron chi connectivity index (χ1n) is 8.84. The molecule has 3 heterocycles. The average molecular weight is 624 g/mol. The van der Waals surface area contributed by atoms with Crippen molar-refractivity contribution in [2.75, 3.05) is 13.1 Å². The minimum Gasteiger partial charge on any atom is -0.813 e. The van der Waals surface area contributed by atoms with Gasteiger partial charge in [-0.05, 0) is 0 Å². The molecule has 2 aromatic heterocycles. The van der Waals surface area contributed by atoms with Gasteiger partial charge in [0.15, 0.2) is 0 Å². The van der Waals surface area contributed by atoms with E-state index in [0.29, 0.717) is 36.7 Å². The quantitative estimate of drug-likeness (QED) is 0.147. The summed E-state index contributed by atoms with van der Waals surface area (Å²) in [7, 11) is 0. The molecule has 4 rings (SSSR count). The minimum atomic E-state index is -0.00420. The molecule has 2 atom stereocenters. The molecule has 0 aliphatic carbocycles. The Morgan fingerprint density at radius 3 is 2.75 bits per heavy atom. The summed E-state index contributed by atoms with van der Waals surface area (Å²) in [5.41, 5.74) is 2.82. The van der Waals surface area contributed by atoms with Crippen molar-refractivity contribution in [2.24, 2.45) is 5.92 Å². The Bertz CT molecular complexity index is 953. The smallest absolute Gasteiger partial charge is 0.153 e. The van der Waals surface area contributed by atoms with Crippen molar-refractivity contribution in [3.63, 3.8) is 0 Å². The van der Waals surface area contributed by atoms with E-state index in [2.05, 4.69) is 36.5 Å². The Balaban J connectivity index is 0.00000140. The molecule has 2 unspecified atom stereocenters. The normalized spacial score (nSPS) is 16.9. The second-order valence-corrected chi connectivity index (χ2v) is 9.44. The van der Waals surface area contributed by atoms with Gasteiger partial charge in [0.2, 0.25) is 0 Å². The summed E-state index contributed by atoms with van der Waals surface area (Å²) in [6, 6.07) is 12.4. The number of carbonyl (C=O) groups is 1. The van der Waals surface area contributed by atoms with E-state index in [1.54, 1.807) is 6.20 Å². The number of fused-ring (bicyclic) bond motifs is 1. The molecule has 1 aliphatic heterocycles. The monoisotopic (exact) mass is 624 g/mol. The van der Waals surface area contributed by atoms with Gasteiger partial charge in [0.1, 0.15) is 0 Å². The molecule has 3 aromatic rings. The van der Waals surface area contributed by atoms with Gasteiger partial charge >= 0.3 is 169 Å². The Hall–Kier alpha value is -0.468. The molecule has 8 heteroatoms. The number of nitrogens with zero attached hydrogens (tertiary/aromatic N) is 3. The summed E-state index contributed by atoms with van der Waals surface area (Å²) in [5.74, 6) is 0.159. The van der Waals surface area contributed by atoms with E-state index in [-0.39, 0.29) is 35.1 Å². The van der Waals surface area contributed by atoms with Crippen LogP contribution in [0.5, 0.6) is 0 Å². The van der Waals surface area contributed by atoms with Crippen LogP contribution in [-0.4, -0.2) is 57.2 Å². The number of ketones is 1. The fourth-order valence-corrected chi connectivity index (χ4v) is 5.17. The van der Waals surface area contributed by atoms with Gasteiger partial charge in [-0.1, -0.05) is 6.07 Å². The molecule has 28 heavy (non-hydrogen) atoms. The molecule has 0 bridgehead atoms. The van der Waals surface area contributed by atoms with Crippen molar-refractivity contribution in [2.45, 2.75) is 19.4 Å². The Morgan fingerprint density at radius 1 is 1.25 bits per heavy atom. The largest absolute Gasteiger partial charge is 0.813 e. The number of piperidine rings is 1. The number of likely N-dealkylation sites (tertiary alicyclic amines) is 1. The first-order valence-corrected chi connectivity index (χ1v) is 11.2. The molecule has 0 spiro atoms. The van der Waals surface area contributed by atoms with E-state index < -0.39 is 0 Å². The van der Waals surface area contributed by atoms with Crippen molar-refractivity contribution >= 4 is 77.9 Å². The van der Waals surface area contributed by atoms with Gasteiger partial charge in [0.25, 0.3) is 0 Å². The van der Waals surface area contributed by atoms with Crippen LogP contribution in [0, 0.1) is 5.92 Å². The van der Waals surface area contributed by atoms with E-state index in [9.17, 15) is 4.79 Å². The number of carbonyl (C=O) groups excluding carboxylic acids is 1. The summed E-state index contributed by atoms with van der Waals surface area (Å²) in [4.78, 5) is 20.1. The molecule has 146 valence electrons. The van der Waals surface area contributed by atoms with Gasteiger partial charge in [0.05, 0.1) is 0 Å². The van der Waals surface area contributed by atoms with Crippen molar-refractivity contribution in [1.82, 2.24) is 12.3 Å². The molecule has 1 saturated heterocycles. The predicted octanol–water partition coefficient (Wildman–Crippen LogP) is 3.50. The van der Waals surface area contributed by atoms with Gasteiger partial charge in [-0.25, -0.2) is 0 Å². The van der Waals surface area contributed by atoms with Crippen LogP contribution in [0.3, 0.4) is 0 Å². The van der Waals surface area contributed by atoms with Crippen LogP contribution >= 0.6 is 21.5 Å². The number of hydrogen-bond acceptors (Lipinski definition) is 4. The Morgan fingerprint density at radius 2 is 2.00 bits per heavy atom. The fourth-order valence-electron chi connectivity index (χ4n) is 3.79. The van der Waals surface area contributed by atoms with Crippen LogP contribution in [0.2, 0.25) is 5.02 Å². The van der Waals surface area contributed by atoms with Gasteiger partial charge in [0, 0.05) is 0 Å². The topological polar surface area (TPSA) is 38.1 Å². The van der Waals surface area contributed by atoms with E-state index in [1.807, 2.05) is 18.3 Å². The molecule has 4 nitrogen and oxygen atoms in total. The summed E-state index contributed by atoms with van der Waals surface area (Å²) in [6.07, 6.45) is 5.59. The van der Waals surface area contributed by atoms with Crippen molar-refractivity contribution in [3.05, 3.63) is 64.9 Å². The number of benzene rings is 1. The van der Waals surface area contributed by atoms with Crippen LogP contribution in [-0.2, 0) is 20.0 Å². The second-order valence-electron chi connectivity index (χ2n) is 6.87. The van der Waals surface area contributed by atoms with Crippen LogP contribution < -0.4 is 0 Å². The van der Waals surface area contributed by atoms with Gasteiger partial charge in [-0.15, -0.1) is 0 Å². The molecule has 1 aromatic carbocycles. The zero-order valence-electron chi connectivity index (χ0n) is 15.6. The summed E-state index contributed by atoms with van der Waals surface area (Å²) < 4.78 is 2.09. The maximum absolute atomic E-state index is 13.3. The van der Waals surface area contributed by atoms with Crippen molar-refractivity contribution in [1.29, 1.82) is 0 Å². The van der Waals surface area contributed by atoms with Crippen LogP contribution in [0.15, 0.2) is 48.8 Å². The van der Waals surface area contributed by atoms with Crippen LogP contribution in [0.25, 0.3) is 11.0 Å². The van der Waals surface area contributed by atoms with Gasteiger partial charge < -0.3 is 13.5 Å². The van der Waals surface area contributed by atoms with E-state index in [0.717, 1.165) is 43.5 Å². The SMILES string of the molecule is O=C(c1c(Cl)cnc2c1cc[n]2[Tl])C1CCCN(Cc2ccccc2)C1.P.[SH-]. The average Bonchev–Trinajstić information content (AvgIpc) is 3.03. The standard InChI is InChI=1S/C20H20ClN3O.H3P.H2S.Tl/c21-17-11-23-20-16(8-9-22-20)18(17)19(25)15-7-4-10-24(13-15)12-14-5-2-1-3-6-14;;;/h1-3,5-6,8-9,11,15H,4,7,10,12-13H2,(H,22,23,25);1H3;1H2;/q;;;+1/p-2. The number of aromatic nitrogens is 2. The molecule has 0 amide bonds. The summed E-state index contributed by atoms with van der Waals surface area (Å²) >= 11 is 7.02. The zero-order valence-corrected chi connectivity index (χ0v) is 23.1. The number of rotatable bonds is 4. The molecule has 0 radical (unpaired) electrons. The molecular weight excluding hydrogens is 601 g/mol. The number of Topliss-reactive ketones (excluding diaryl/α,β-unsaturated/α-hetero) is 1. The maximum Gasteiger partial charge on any atom is -0.153 e. The third kappa shape index (κ3) is 4.98. The van der Waals surface area contributed by atoms with Gasteiger partial charge in [-0.2, -0.15) is 9.90 Å². The van der Waals surface area contributed by atoms with Gasteiger partial charge in [-0.3, -0.25) is 0 Å². The number of thiol groups is 1. The summed E-state index contributed by atoms with van der Waals surface area (Å²) in [5, 5.41) is 1.36. The fraction of sp³-hybridized carbons (Fsp3) is 0.300. The van der Waals surface area contributed by atoms with Crippen molar-refractivity contribution in [3.8, 4) is 0 Å². The predicted molar refractivity (Wildman–Crippen MR) is 125 cm³/mol. The maximum atomic E-state index is 13.3. The van der Waals surface area contributed by atoms with Crippen LogP contribution in [0.4, 0.5) is 0 Å². The molecule has 1 aliphatic rings. The molecule has 1 fully saturated rings. The number of pyridine rings is 1. The third-order valence-corrected chi connectivity index (χ3v) is 6.97. The number of hydrogen-bond donors (Lipinski definition) is 0. The van der Waals surface area contributed by atoms with Crippen LogP contribution in [0.1, 0.15) is 28.8 Å². The molecule has 0 N–H and O–H groups in total. The molecule has 0 saturated carbocycles. The van der Waals surface area contributed by atoms with E-state index in [4.69, 9.17) is 11.6 Å². The Kier molecular flexibility index (Phi) is 8.95. The number of halogens is 1. The third-order valence-electron chi connectivity index (χ3n) is 5.07. The molecular formula is C20H23ClN3OPSTl-. The van der Waals surface area contributed by atoms with Crippen molar-refractivity contribution < 1.29 is 4.79 Å². The zero-order chi connectivity index (χ0) is 18.1. The van der Waals surface area contributed by atoms with E-state index >= 15 is 0 Å². The summed E-state index contributed by atoms with van der Waals surface area (Å²) in [6.45, 7) is 2.72. The minimum absolute atomic E-state index is 0. The Labute approximate surface area is 197 Å². The van der Waals surface area contributed by atoms with E-state index in [1.165, 1.54) is 5.56 Å².